The Hall–Kier alpha value is -2.46. The first-order chi connectivity index (χ1) is 12.3. The number of carboxylic acid groups (broad SMARTS) is 2. The van der Waals surface area contributed by atoms with Crippen LogP contribution in [0.1, 0.15) is 45.4 Å². The number of carboxylic acids is 2. The summed E-state index contributed by atoms with van der Waals surface area (Å²) in [7, 11) is 0. The average molecular weight is 384 g/mol. The number of amides is 1. The monoisotopic (exact) mass is 384 g/mol. The third-order valence-corrected chi connectivity index (χ3v) is 5.26. The largest absolute Gasteiger partial charge is 0.480 e. The van der Waals surface area contributed by atoms with Gasteiger partial charge in [-0.15, -0.1) is 11.3 Å². The lowest BCUT2D eigenvalue weighted by Gasteiger charge is -2.20. The summed E-state index contributed by atoms with van der Waals surface area (Å²) in [5.74, 6) is -3.44. The number of esters is 1. The number of likely N-dealkylation sites (tertiary alicyclic amines) is 1. The number of anilines is 1. The lowest BCUT2D eigenvalue weighted by Crippen LogP contribution is -2.40. The van der Waals surface area contributed by atoms with Gasteiger partial charge in [0.2, 0.25) is 5.91 Å². The van der Waals surface area contributed by atoms with Gasteiger partial charge in [0.05, 0.1) is 18.7 Å². The van der Waals surface area contributed by atoms with E-state index in [-0.39, 0.29) is 34.2 Å². The predicted molar refractivity (Wildman–Crippen MR) is 92.8 cm³/mol. The molecule has 0 unspecified atom stereocenters. The highest BCUT2D eigenvalue weighted by molar-refractivity contribution is 7.18. The zero-order valence-corrected chi connectivity index (χ0v) is 15.2. The van der Waals surface area contributed by atoms with Crippen LogP contribution in [0.4, 0.5) is 5.00 Å². The summed E-state index contributed by atoms with van der Waals surface area (Å²) < 4.78 is 4.90. The summed E-state index contributed by atoms with van der Waals surface area (Å²) >= 11 is 0.834. The number of thiophene rings is 1. The van der Waals surface area contributed by atoms with Gasteiger partial charge in [0.25, 0.3) is 0 Å². The zero-order chi connectivity index (χ0) is 19.4. The minimum Gasteiger partial charge on any atom is -0.480 e. The van der Waals surface area contributed by atoms with E-state index in [2.05, 4.69) is 5.32 Å². The van der Waals surface area contributed by atoms with Crippen LogP contribution >= 0.6 is 11.3 Å². The summed E-state index contributed by atoms with van der Waals surface area (Å²) in [6.07, 6.45) is 1.14. The Morgan fingerprint density at radius 3 is 2.58 bits per heavy atom. The van der Waals surface area contributed by atoms with Crippen LogP contribution < -0.4 is 5.32 Å². The molecule has 142 valence electrons. The fourth-order valence-corrected chi connectivity index (χ4v) is 4.00. The number of rotatable bonds is 7. The molecule has 26 heavy (non-hydrogen) atoms. The maximum absolute atomic E-state index is 12.3. The van der Waals surface area contributed by atoms with Gasteiger partial charge < -0.3 is 20.3 Å². The maximum atomic E-state index is 12.3. The highest BCUT2D eigenvalue weighted by Crippen LogP contribution is 2.33. The van der Waals surface area contributed by atoms with Crippen LogP contribution in [0.25, 0.3) is 0 Å². The highest BCUT2D eigenvalue weighted by Gasteiger charge is 2.32. The summed E-state index contributed by atoms with van der Waals surface area (Å²) in [6.45, 7) is 3.57. The Bertz CT molecular complexity index is 743. The summed E-state index contributed by atoms with van der Waals surface area (Å²) in [5, 5.41) is 21.1. The molecule has 2 rings (SSSR count). The number of nitrogens with one attached hydrogen (secondary N) is 1. The molecule has 0 radical (unpaired) electrons. The van der Waals surface area contributed by atoms with E-state index in [1.54, 1.807) is 6.92 Å². The van der Waals surface area contributed by atoms with Crippen LogP contribution in [0, 0.1) is 6.92 Å². The fraction of sp³-hybridized carbons (Fsp3) is 0.500. The zero-order valence-electron chi connectivity index (χ0n) is 14.4. The molecule has 0 spiro atoms. The van der Waals surface area contributed by atoms with Crippen molar-refractivity contribution >= 4 is 40.2 Å². The van der Waals surface area contributed by atoms with E-state index in [0.717, 1.165) is 11.3 Å². The van der Waals surface area contributed by atoms with Crippen LogP contribution in [0.3, 0.4) is 0 Å². The van der Waals surface area contributed by atoms with Crippen LogP contribution in [0.5, 0.6) is 0 Å². The number of nitrogens with zero attached hydrogens (tertiary/aromatic N) is 1. The molecule has 1 aliphatic heterocycles. The van der Waals surface area contributed by atoms with Crippen LogP contribution in [0.2, 0.25) is 0 Å². The van der Waals surface area contributed by atoms with E-state index < -0.39 is 29.9 Å². The molecule has 0 aromatic carbocycles. The number of hydrogen-bond donors (Lipinski definition) is 3. The molecule has 0 aliphatic carbocycles. The second kappa shape index (κ2) is 8.28. The van der Waals surface area contributed by atoms with Gasteiger partial charge in [0, 0.05) is 0 Å². The first-order valence-electron chi connectivity index (χ1n) is 8.06. The molecule has 0 saturated carbocycles. The standard InChI is InChI=1S/C16H20N2O7S/c1-3-25-16(24)12-8(2)11(15(22)23)13(26-12)17-10(19)7-18-6-4-5-9(18)14(20)21/h9H,3-7H2,1-2H3,(H,17,19)(H,20,21)(H,22,23)/t9-/m1/s1. The van der Waals surface area contributed by atoms with E-state index in [4.69, 9.17) is 9.84 Å². The second-order valence-electron chi connectivity index (χ2n) is 5.80. The van der Waals surface area contributed by atoms with Crippen molar-refractivity contribution in [1.29, 1.82) is 0 Å². The smallest absolute Gasteiger partial charge is 0.348 e. The molecule has 1 aromatic heterocycles. The van der Waals surface area contributed by atoms with E-state index >= 15 is 0 Å². The van der Waals surface area contributed by atoms with Gasteiger partial charge in [0.15, 0.2) is 0 Å². The molecular weight excluding hydrogens is 364 g/mol. The van der Waals surface area contributed by atoms with Crippen LogP contribution in [0.15, 0.2) is 0 Å². The van der Waals surface area contributed by atoms with Crippen molar-refractivity contribution in [3.8, 4) is 0 Å². The van der Waals surface area contributed by atoms with Crippen molar-refractivity contribution in [2.24, 2.45) is 0 Å². The van der Waals surface area contributed by atoms with Gasteiger partial charge in [-0.3, -0.25) is 14.5 Å². The Morgan fingerprint density at radius 2 is 2.00 bits per heavy atom. The molecule has 0 bridgehead atoms. The van der Waals surface area contributed by atoms with Gasteiger partial charge in [-0.2, -0.15) is 0 Å². The SMILES string of the molecule is CCOC(=O)c1sc(NC(=O)CN2CCC[C@@H]2C(=O)O)c(C(=O)O)c1C. The van der Waals surface area contributed by atoms with Gasteiger partial charge >= 0.3 is 17.9 Å². The lowest BCUT2D eigenvalue weighted by atomic mass is 10.1. The Kier molecular flexibility index (Phi) is 6.32. The second-order valence-corrected chi connectivity index (χ2v) is 6.82. The van der Waals surface area contributed by atoms with Gasteiger partial charge in [-0.1, -0.05) is 0 Å². The Balaban J connectivity index is 2.18. The molecule has 1 saturated heterocycles. The van der Waals surface area contributed by atoms with Crippen molar-refractivity contribution in [1.82, 2.24) is 4.90 Å². The van der Waals surface area contributed by atoms with Crippen molar-refractivity contribution in [2.75, 3.05) is 25.0 Å². The first-order valence-corrected chi connectivity index (χ1v) is 8.88. The number of carbonyl (C=O) groups excluding carboxylic acids is 2. The summed E-state index contributed by atoms with van der Waals surface area (Å²) in [6, 6.07) is -0.722. The number of aromatic carboxylic acids is 1. The molecule has 2 heterocycles. The summed E-state index contributed by atoms with van der Waals surface area (Å²) in [5.41, 5.74) is 0.0587. The van der Waals surface area contributed by atoms with E-state index in [1.165, 1.54) is 11.8 Å². The number of ether oxygens (including phenoxy) is 1. The molecule has 1 aromatic rings. The van der Waals surface area contributed by atoms with Crippen molar-refractivity contribution in [3.63, 3.8) is 0 Å². The minimum atomic E-state index is -1.27. The predicted octanol–water partition coefficient (Wildman–Crippen LogP) is 1.42. The molecular formula is C16H20N2O7S. The quantitative estimate of drug-likeness (QED) is 0.601. The number of hydrogen-bond acceptors (Lipinski definition) is 7. The van der Waals surface area contributed by atoms with Crippen molar-refractivity contribution < 1.29 is 34.1 Å². The first kappa shape index (κ1) is 19.9. The lowest BCUT2D eigenvalue weighted by molar-refractivity contribution is -0.142. The molecule has 10 heteroatoms. The van der Waals surface area contributed by atoms with Gasteiger partial charge in [-0.05, 0) is 38.8 Å². The molecule has 3 N–H and O–H groups in total. The number of aliphatic carboxylic acids is 1. The van der Waals surface area contributed by atoms with Gasteiger partial charge in [0.1, 0.15) is 15.9 Å². The van der Waals surface area contributed by atoms with E-state index in [1.807, 2.05) is 0 Å². The molecule has 1 amide bonds. The highest BCUT2D eigenvalue weighted by atomic mass is 32.1. The minimum absolute atomic E-state index is 0.0362. The Morgan fingerprint density at radius 1 is 1.31 bits per heavy atom. The summed E-state index contributed by atoms with van der Waals surface area (Å²) in [4.78, 5) is 48.6. The topological polar surface area (TPSA) is 133 Å². The maximum Gasteiger partial charge on any atom is 0.348 e. The fourth-order valence-electron chi connectivity index (χ4n) is 2.90. The van der Waals surface area contributed by atoms with Crippen LogP contribution in [-0.2, 0) is 14.3 Å². The molecule has 9 nitrogen and oxygen atoms in total. The van der Waals surface area contributed by atoms with Crippen molar-refractivity contribution in [3.05, 3.63) is 16.0 Å². The molecule has 1 atom stereocenters. The average Bonchev–Trinajstić information content (AvgIpc) is 3.12. The van der Waals surface area contributed by atoms with Gasteiger partial charge in [-0.25, -0.2) is 9.59 Å². The third kappa shape index (κ3) is 4.20. The Labute approximate surface area is 153 Å². The molecule has 1 fully saturated rings. The van der Waals surface area contributed by atoms with E-state index in [9.17, 15) is 24.3 Å². The third-order valence-electron chi connectivity index (χ3n) is 4.07. The number of carbonyl (C=O) groups is 4. The van der Waals surface area contributed by atoms with Crippen LogP contribution in [-0.4, -0.2) is 64.7 Å². The van der Waals surface area contributed by atoms with E-state index in [0.29, 0.717) is 19.4 Å². The molecule has 1 aliphatic rings. The van der Waals surface area contributed by atoms with Crippen molar-refractivity contribution in [2.45, 2.75) is 32.7 Å². The normalized spacial score (nSPS) is 17.1.